The molecule has 3 aromatic heterocycles. The number of rotatable bonds is 11. The van der Waals surface area contributed by atoms with Crippen LogP contribution in [0.3, 0.4) is 0 Å². The fraction of sp³-hybridized carbons (Fsp3) is 0.211. The lowest BCUT2D eigenvalue weighted by molar-refractivity contribution is 0.394. The summed E-state index contributed by atoms with van der Waals surface area (Å²) in [5.74, 6) is 3.29. The van der Waals surface area contributed by atoms with E-state index in [1.165, 1.54) is 16.7 Å². The maximum absolute atomic E-state index is 5.33. The zero-order valence-corrected chi connectivity index (χ0v) is 28.8. The monoisotopic (exact) mass is 668 g/mol. The Morgan fingerprint density at radius 3 is 1.88 bits per heavy atom. The largest absolute Gasteiger partial charge is 0.321 e. The highest BCUT2D eigenvalue weighted by Gasteiger charge is 2.24. The molecule has 1 N–H and O–H groups in total. The first-order chi connectivity index (χ1) is 23.4. The van der Waals surface area contributed by atoms with Gasteiger partial charge in [0.25, 0.3) is 0 Å². The third-order valence-corrected chi connectivity index (χ3v) is 9.99. The lowest BCUT2D eigenvalue weighted by Crippen LogP contribution is -2.15. The Morgan fingerprint density at radius 1 is 0.646 bits per heavy atom. The van der Waals surface area contributed by atoms with Gasteiger partial charge in [-0.2, -0.15) is 0 Å². The van der Waals surface area contributed by atoms with Gasteiger partial charge in [0.05, 0.1) is 0 Å². The standard InChI is InChI=1S/C38H36N8S2/c1-38(2,3)22-32-39-33-34(37(48-25-28-14-8-5-9-15-28)43-42-36(33)47-24-27-12-6-4-7-13-27)46(32)23-26-18-20-29(21-19-26)30-16-10-11-17-31(30)35-40-44-45-41-35/h4-21H,22-25H2,1-3H3,(H,40,41,44,45). The van der Waals surface area contributed by atoms with E-state index in [0.29, 0.717) is 12.4 Å². The van der Waals surface area contributed by atoms with Crippen LogP contribution in [0.25, 0.3) is 33.5 Å². The summed E-state index contributed by atoms with van der Waals surface area (Å²) in [5, 5.41) is 26.0. The van der Waals surface area contributed by atoms with Crippen LogP contribution in [-0.2, 0) is 24.5 Å². The van der Waals surface area contributed by atoms with Crippen molar-refractivity contribution in [2.45, 2.75) is 55.3 Å². The molecule has 48 heavy (non-hydrogen) atoms. The molecule has 0 unspecified atom stereocenters. The van der Waals surface area contributed by atoms with E-state index in [9.17, 15) is 0 Å². The Labute approximate surface area is 288 Å². The van der Waals surface area contributed by atoms with E-state index in [0.717, 1.165) is 61.5 Å². The summed E-state index contributed by atoms with van der Waals surface area (Å²) in [6.45, 7) is 7.46. The van der Waals surface area contributed by atoms with Crippen LogP contribution in [-0.4, -0.2) is 40.4 Å². The average molecular weight is 669 g/mol. The number of benzene rings is 4. The van der Waals surface area contributed by atoms with Gasteiger partial charge in [-0.1, -0.05) is 153 Å². The number of nitrogens with one attached hydrogen (secondary N) is 1. The summed E-state index contributed by atoms with van der Waals surface area (Å²) < 4.78 is 2.37. The summed E-state index contributed by atoms with van der Waals surface area (Å²) in [7, 11) is 0. The van der Waals surface area contributed by atoms with Gasteiger partial charge in [0.2, 0.25) is 0 Å². The fourth-order valence-electron chi connectivity index (χ4n) is 5.66. The van der Waals surface area contributed by atoms with Crippen molar-refractivity contribution >= 4 is 34.6 Å². The summed E-state index contributed by atoms with van der Waals surface area (Å²) >= 11 is 3.42. The summed E-state index contributed by atoms with van der Waals surface area (Å²) in [5.41, 5.74) is 8.81. The first-order valence-electron chi connectivity index (χ1n) is 15.9. The molecule has 0 atom stereocenters. The Kier molecular flexibility index (Phi) is 9.36. The zero-order valence-electron chi connectivity index (χ0n) is 27.2. The summed E-state index contributed by atoms with van der Waals surface area (Å²) in [4.78, 5) is 5.33. The van der Waals surface area contributed by atoms with Gasteiger partial charge in [0.15, 0.2) is 5.82 Å². The van der Waals surface area contributed by atoms with Gasteiger partial charge in [0, 0.05) is 30.0 Å². The van der Waals surface area contributed by atoms with Gasteiger partial charge in [-0.15, -0.1) is 15.3 Å². The second-order valence-corrected chi connectivity index (χ2v) is 14.8. The minimum absolute atomic E-state index is 0.0395. The summed E-state index contributed by atoms with van der Waals surface area (Å²) in [6, 6.07) is 37.9. The van der Waals surface area contributed by atoms with Crippen molar-refractivity contribution in [2.24, 2.45) is 5.41 Å². The number of aromatic amines is 1. The molecular formula is C38H36N8S2. The maximum Gasteiger partial charge on any atom is 0.180 e. The molecule has 10 heteroatoms. The maximum atomic E-state index is 5.33. The molecule has 0 aliphatic heterocycles. The Bertz CT molecular complexity index is 2110. The van der Waals surface area contributed by atoms with E-state index in [1.54, 1.807) is 23.5 Å². The molecular weight excluding hydrogens is 633 g/mol. The van der Waals surface area contributed by atoms with Gasteiger partial charge in [-0.05, 0) is 43.7 Å². The van der Waals surface area contributed by atoms with Crippen molar-refractivity contribution < 1.29 is 0 Å². The quantitative estimate of drug-likeness (QED) is 0.137. The Hall–Kier alpha value is -4.80. The van der Waals surface area contributed by atoms with E-state index in [-0.39, 0.29) is 5.41 Å². The van der Waals surface area contributed by atoms with Gasteiger partial charge in [-0.3, -0.25) is 0 Å². The number of tetrazole rings is 1. The average Bonchev–Trinajstić information content (AvgIpc) is 3.76. The minimum Gasteiger partial charge on any atom is -0.321 e. The van der Waals surface area contributed by atoms with E-state index in [2.05, 4.69) is 125 Å². The van der Waals surface area contributed by atoms with Crippen LogP contribution in [0.5, 0.6) is 0 Å². The predicted molar refractivity (Wildman–Crippen MR) is 195 cm³/mol. The number of imidazole rings is 1. The second-order valence-electron chi connectivity index (χ2n) is 12.9. The molecule has 4 aromatic carbocycles. The molecule has 0 aliphatic rings. The smallest absolute Gasteiger partial charge is 0.180 e. The van der Waals surface area contributed by atoms with Crippen molar-refractivity contribution in [1.82, 2.24) is 40.4 Å². The SMILES string of the molecule is CC(C)(C)Cc1nc2c(SCc3ccccc3)nnc(SCc3ccccc3)c2n1Cc1ccc(-c2ccccc2-c2nnn[nH]2)cc1. The molecule has 0 radical (unpaired) electrons. The van der Waals surface area contributed by atoms with E-state index >= 15 is 0 Å². The summed E-state index contributed by atoms with van der Waals surface area (Å²) in [6.07, 6.45) is 0.823. The molecule has 3 heterocycles. The van der Waals surface area contributed by atoms with Gasteiger partial charge in [-0.25, -0.2) is 10.1 Å². The van der Waals surface area contributed by atoms with Crippen LogP contribution >= 0.6 is 23.5 Å². The van der Waals surface area contributed by atoms with Gasteiger partial charge in [0.1, 0.15) is 26.9 Å². The molecule has 7 aromatic rings. The van der Waals surface area contributed by atoms with Crippen molar-refractivity contribution in [1.29, 1.82) is 0 Å². The van der Waals surface area contributed by atoms with Crippen molar-refractivity contribution in [3.8, 4) is 22.5 Å². The molecule has 8 nitrogen and oxygen atoms in total. The van der Waals surface area contributed by atoms with Crippen LogP contribution in [0.15, 0.2) is 119 Å². The molecule has 0 aliphatic carbocycles. The number of thioether (sulfide) groups is 2. The number of nitrogens with zero attached hydrogens (tertiary/aromatic N) is 7. The lowest BCUT2D eigenvalue weighted by atomic mass is 9.92. The van der Waals surface area contributed by atoms with Gasteiger partial charge >= 0.3 is 0 Å². The highest BCUT2D eigenvalue weighted by molar-refractivity contribution is 7.99. The van der Waals surface area contributed by atoms with E-state index in [1.807, 2.05) is 30.3 Å². The topological polar surface area (TPSA) is 98.1 Å². The van der Waals surface area contributed by atoms with E-state index < -0.39 is 0 Å². The number of hydrogen-bond donors (Lipinski definition) is 1. The number of H-pyrrole nitrogens is 1. The predicted octanol–water partition coefficient (Wildman–Crippen LogP) is 8.89. The van der Waals surface area contributed by atoms with Crippen LogP contribution in [0.2, 0.25) is 0 Å². The highest BCUT2D eigenvalue weighted by atomic mass is 32.2. The third kappa shape index (κ3) is 7.35. The first kappa shape index (κ1) is 31.8. The van der Waals surface area contributed by atoms with Crippen LogP contribution < -0.4 is 0 Å². The van der Waals surface area contributed by atoms with Gasteiger partial charge < -0.3 is 4.57 Å². The molecule has 7 rings (SSSR count). The second kappa shape index (κ2) is 14.1. The van der Waals surface area contributed by atoms with Crippen LogP contribution in [0, 0.1) is 5.41 Å². The first-order valence-corrected chi connectivity index (χ1v) is 17.9. The molecule has 0 spiro atoms. The van der Waals surface area contributed by atoms with E-state index in [4.69, 9.17) is 15.2 Å². The molecule has 0 bridgehead atoms. The van der Waals surface area contributed by atoms with Crippen molar-refractivity contribution in [2.75, 3.05) is 0 Å². The van der Waals surface area contributed by atoms with Crippen LogP contribution in [0.1, 0.15) is 43.3 Å². The minimum atomic E-state index is 0.0395. The third-order valence-electron chi connectivity index (χ3n) is 7.94. The highest BCUT2D eigenvalue weighted by Crippen LogP contribution is 2.37. The van der Waals surface area contributed by atoms with Crippen LogP contribution in [0.4, 0.5) is 0 Å². The molecule has 0 saturated carbocycles. The number of hydrogen-bond acceptors (Lipinski definition) is 8. The lowest BCUT2D eigenvalue weighted by Gasteiger charge is -2.19. The molecule has 240 valence electrons. The van der Waals surface area contributed by atoms with Crippen molar-refractivity contribution in [3.05, 3.63) is 132 Å². The fourth-order valence-corrected chi connectivity index (χ4v) is 7.47. The number of aromatic nitrogens is 8. The van der Waals surface area contributed by atoms with Crippen molar-refractivity contribution in [3.63, 3.8) is 0 Å². The number of fused-ring (bicyclic) bond motifs is 1. The zero-order chi connectivity index (χ0) is 32.9. The Morgan fingerprint density at radius 2 is 1.25 bits per heavy atom. The molecule has 0 fully saturated rings. The molecule has 0 amide bonds. The normalized spacial score (nSPS) is 11.7. The molecule has 0 saturated heterocycles. The Balaban J connectivity index is 1.28.